The van der Waals surface area contributed by atoms with E-state index < -0.39 is 0 Å². The Labute approximate surface area is 148 Å². The van der Waals surface area contributed by atoms with Gasteiger partial charge in [-0.2, -0.15) is 0 Å². The second-order valence-electron chi connectivity index (χ2n) is 6.22. The van der Waals surface area contributed by atoms with E-state index in [-0.39, 0.29) is 23.9 Å². The molecule has 6 nitrogen and oxygen atoms in total. The van der Waals surface area contributed by atoms with Crippen LogP contribution in [0.5, 0.6) is 0 Å². The maximum atomic E-state index is 13.3. The van der Waals surface area contributed by atoms with Gasteiger partial charge in [0.15, 0.2) is 0 Å². The molecular weight excluding hydrogens is 325 g/mol. The fourth-order valence-corrected chi connectivity index (χ4v) is 2.97. The molecule has 1 aliphatic heterocycles. The van der Waals surface area contributed by atoms with Crippen LogP contribution in [0, 0.1) is 5.82 Å². The maximum Gasteiger partial charge on any atom is 0.409 e. The summed E-state index contributed by atoms with van der Waals surface area (Å²) in [7, 11) is 1.72. The largest absolute Gasteiger partial charge is 0.450 e. The van der Waals surface area contributed by atoms with Crippen LogP contribution in [0.2, 0.25) is 0 Å². The molecule has 0 N–H and O–H groups in total. The number of amides is 2. The molecular formula is C18H26FN3O3. The Kier molecular flexibility index (Phi) is 6.75. The highest BCUT2D eigenvalue weighted by atomic mass is 19.1. The van der Waals surface area contributed by atoms with Crippen molar-refractivity contribution in [3.05, 3.63) is 35.6 Å². The molecule has 0 aromatic heterocycles. The number of halogens is 1. The number of hydrogen-bond acceptors (Lipinski definition) is 4. The van der Waals surface area contributed by atoms with E-state index >= 15 is 0 Å². The van der Waals surface area contributed by atoms with Crippen molar-refractivity contribution < 1.29 is 18.7 Å². The topological polar surface area (TPSA) is 53.1 Å². The fraction of sp³-hybridized carbons (Fsp3) is 0.556. The van der Waals surface area contributed by atoms with Crippen LogP contribution in [0.15, 0.2) is 24.3 Å². The van der Waals surface area contributed by atoms with Gasteiger partial charge >= 0.3 is 6.09 Å². The van der Waals surface area contributed by atoms with Gasteiger partial charge in [0.05, 0.1) is 12.6 Å². The summed E-state index contributed by atoms with van der Waals surface area (Å²) in [5.74, 6) is -0.324. The minimum Gasteiger partial charge on any atom is -0.450 e. The molecule has 2 rings (SSSR count). The number of piperazine rings is 1. The number of carbonyl (C=O) groups is 2. The van der Waals surface area contributed by atoms with Crippen LogP contribution in [0.1, 0.15) is 19.4 Å². The zero-order chi connectivity index (χ0) is 18.4. The number of rotatable bonds is 5. The molecule has 138 valence electrons. The summed E-state index contributed by atoms with van der Waals surface area (Å²) in [5.41, 5.74) is 0.759. The maximum absolute atomic E-state index is 13.3. The summed E-state index contributed by atoms with van der Waals surface area (Å²) in [5, 5.41) is 0. The molecule has 2 amide bonds. The molecule has 1 aromatic rings. The first-order valence-corrected chi connectivity index (χ1v) is 8.57. The second-order valence-corrected chi connectivity index (χ2v) is 6.22. The van der Waals surface area contributed by atoms with Crippen LogP contribution < -0.4 is 0 Å². The van der Waals surface area contributed by atoms with Crippen molar-refractivity contribution in [3.63, 3.8) is 0 Å². The van der Waals surface area contributed by atoms with Crippen LogP contribution in [-0.2, 0) is 16.1 Å². The molecule has 1 fully saturated rings. The van der Waals surface area contributed by atoms with Crippen molar-refractivity contribution in [2.24, 2.45) is 0 Å². The third-order valence-electron chi connectivity index (χ3n) is 4.43. The minimum atomic E-state index is -0.304. The molecule has 1 saturated heterocycles. The number of carbonyl (C=O) groups excluding carboxylic acids is 2. The predicted octanol–water partition coefficient (Wildman–Crippen LogP) is 1.95. The van der Waals surface area contributed by atoms with Crippen molar-refractivity contribution in [1.82, 2.24) is 14.7 Å². The average molecular weight is 351 g/mol. The summed E-state index contributed by atoms with van der Waals surface area (Å²) >= 11 is 0. The van der Waals surface area contributed by atoms with Crippen LogP contribution in [0.4, 0.5) is 9.18 Å². The Morgan fingerprint density at radius 3 is 2.56 bits per heavy atom. The molecule has 7 heteroatoms. The minimum absolute atomic E-state index is 0.0196. The van der Waals surface area contributed by atoms with Gasteiger partial charge in [-0.15, -0.1) is 0 Å². The zero-order valence-corrected chi connectivity index (χ0v) is 15.1. The molecule has 0 radical (unpaired) electrons. The number of hydrogen-bond donors (Lipinski definition) is 0. The first kappa shape index (κ1) is 19.2. The predicted molar refractivity (Wildman–Crippen MR) is 92.5 cm³/mol. The Morgan fingerprint density at radius 1 is 1.28 bits per heavy atom. The summed E-state index contributed by atoms with van der Waals surface area (Å²) < 4.78 is 18.3. The van der Waals surface area contributed by atoms with Gasteiger partial charge in [-0.3, -0.25) is 9.69 Å². The Morgan fingerprint density at radius 2 is 1.96 bits per heavy atom. The van der Waals surface area contributed by atoms with Crippen molar-refractivity contribution >= 4 is 12.0 Å². The van der Waals surface area contributed by atoms with Crippen LogP contribution in [0.3, 0.4) is 0 Å². The third-order valence-corrected chi connectivity index (χ3v) is 4.43. The molecule has 1 aliphatic rings. The number of ether oxygens (including phenoxy) is 1. The van der Waals surface area contributed by atoms with E-state index in [0.29, 0.717) is 39.3 Å². The lowest BCUT2D eigenvalue weighted by molar-refractivity contribution is -0.136. The number of likely N-dealkylation sites (N-methyl/N-ethyl adjacent to an activating group) is 1. The molecule has 0 bridgehead atoms. The van der Waals surface area contributed by atoms with Gasteiger partial charge in [-0.1, -0.05) is 12.1 Å². The smallest absolute Gasteiger partial charge is 0.409 e. The Balaban J connectivity index is 1.86. The highest BCUT2D eigenvalue weighted by Crippen LogP contribution is 2.12. The van der Waals surface area contributed by atoms with E-state index in [1.54, 1.807) is 35.9 Å². The summed E-state index contributed by atoms with van der Waals surface area (Å²) in [4.78, 5) is 29.7. The van der Waals surface area contributed by atoms with Crippen LogP contribution in [-0.4, -0.2) is 72.6 Å². The zero-order valence-electron chi connectivity index (χ0n) is 15.1. The lowest BCUT2D eigenvalue weighted by Gasteiger charge is -2.38. The third kappa shape index (κ3) is 5.16. The van der Waals surface area contributed by atoms with E-state index in [2.05, 4.69) is 4.90 Å². The second kappa shape index (κ2) is 8.80. The van der Waals surface area contributed by atoms with E-state index in [4.69, 9.17) is 4.74 Å². The van der Waals surface area contributed by atoms with Gasteiger partial charge in [0.2, 0.25) is 5.91 Å². The lowest BCUT2D eigenvalue weighted by Crippen LogP contribution is -2.55. The van der Waals surface area contributed by atoms with E-state index in [1.807, 2.05) is 6.92 Å². The van der Waals surface area contributed by atoms with Gasteiger partial charge in [0.1, 0.15) is 5.82 Å². The quantitative estimate of drug-likeness (QED) is 0.814. The first-order valence-electron chi connectivity index (χ1n) is 8.57. The molecule has 25 heavy (non-hydrogen) atoms. The molecule has 0 spiro atoms. The lowest BCUT2D eigenvalue weighted by atomic mass is 10.1. The Bertz CT molecular complexity index is 603. The van der Waals surface area contributed by atoms with Gasteiger partial charge in [-0.25, -0.2) is 9.18 Å². The number of benzene rings is 1. The number of nitrogens with zero attached hydrogens (tertiary/aromatic N) is 3. The first-order chi connectivity index (χ1) is 11.9. The molecule has 1 heterocycles. The molecule has 1 aromatic carbocycles. The van der Waals surface area contributed by atoms with Crippen molar-refractivity contribution in [2.45, 2.75) is 26.4 Å². The Hall–Kier alpha value is -2.15. The highest BCUT2D eigenvalue weighted by molar-refractivity contribution is 5.81. The summed E-state index contributed by atoms with van der Waals surface area (Å²) in [6.07, 6.45) is -0.302. The van der Waals surface area contributed by atoms with Crippen LogP contribution in [0.25, 0.3) is 0 Å². The van der Waals surface area contributed by atoms with Gasteiger partial charge in [0.25, 0.3) is 0 Å². The average Bonchev–Trinajstić information content (AvgIpc) is 2.60. The van der Waals surface area contributed by atoms with Gasteiger partial charge in [0, 0.05) is 39.8 Å². The van der Waals surface area contributed by atoms with E-state index in [0.717, 1.165) is 5.56 Å². The molecule has 1 unspecified atom stereocenters. The normalized spacial score (nSPS) is 16.4. The highest BCUT2D eigenvalue weighted by Gasteiger charge is 2.29. The molecule has 0 aliphatic carbocycles. The van der Waals surface area contributed by atoms with Crippen LogP contribution >= 0.6 is 0 Å². The molecule has 1 atom stereocenters. The standard InChI is InChI=1S/C18H26FN3O3/c1-4-25-18(24)22-10-8-21(9-11-22)14(2)17(23)20(3)13-15-6-5-7-16(19)12-15/h5-7,12,14H,4,8-11,13H2,1-3H3. The summed E-state index contributed by atoms with van der Waals surface area (Å²) in [6.45, 7) is 6.71. The van der Waals surface area contributed by atoms with E-state index in [1.165, 1.54) is 12.1 Å². The van der Waals surface area contributed by atoms with Crippen molar-refractivity contribution in [2.75, 3.05) is 39.8 Å². The van der Waals surface area contributed by atoms with Crippen molar-refractivity contribution in [1.29, 1.82) is 0 Å². The van der Waals surface area contributed by atoms with E-state index in [9.17, 15) is 14.0 Å². The molecule has 0 saturated carbocycles. The van der Waals surface area contributed by atoms with Gasteiger partial charge in [-0.05, 0) is 31.5 Å². The van der Waals surface area contributed by atoms with Crippen molar-refractivity contribution in [3.8, 4) is 0 Å². The monoisotopic (exact) mass is 351 g/mol. The summed E-state index contributed by atoms with van der Waals surface area (Å²) in [6, 6.07) is 5.98. The van der Waals surface area contributed by atoms with Gasteiger partial charge < -0.3 is 14.5 Å². The SMILES string of the molecule is CCOC(=O)N1CCN(C(C)C(=O)N(C)Cc2cccc(F)c2)CC1. The fourth-order valence-electron chi connectivity index (χ4n) is 2.97.